The molecule has 0 spiro atoms. The zero-order valence-electron chi connectivity index (χ0n) is 10.5. The lowest BCUT2D eigenvalue weighted by Crippen LogP contribution is -2.20. The van der Waals surface area contributed by atoms with Crippen LogP contribution in [0, 0.1) is 0 Å². The highest BCUT2D eigenvalue weighted by atomic mass is 32.2. The van der Waals surface area contributed by atoms with Gasteiger partial charge in [0.1, 0.15) is 5.75 Å². The maximum atomic E-state index is 12.1. The van der Waals surface area contributed by atoms with E-state index in [0.29, 0.717) is 23.9 Å². The normalized spacial score (nSPS) is 19.9. The molecule has 100 valence electrons. The Morgan fingerprint density at radius 3 is 2.61 bits per heavy atom. The Hall–Kier alpha value is -1.07. The number of sulfone groups is 1. The molecule has 0 N–H and O–H groups in total. The molecule has 1 aliphatic rings. The van der Waals surface area contributed by atoms with Crippen LogP contribution >= 0.6 is 0 Å². The quantitative estimate of drug-likeness (QED) is 0.821. The van der Waals surface area contributed by atoms with Crippen LogP contribution in [0.15, 0.2) is 29.2 Å². The Morgan fingerprint density at radius 2 is 2.06 bits per heavy atom. The zero-order valence-corrected chi connectivity index (χ0v) is 11.3. The van der Waals surface area contributed by atoms with E-state index in [1.807, 2.05) is 6.92 Å². The molecule has 18 heavy (non-hydrogen) atoms. The van der Waals surface area contributed by atoms with Gasteiger partial charge in [-0.3, -0.25) is 0 Å². The van der Waals surface area contributed by atoms with Gasteiger partial charge in [-0.2, -0.15) is 0 Å². The van der Waals surface area contributed by atoms with Gasteiger partial charge in [0.2, 0.25) is 0 Å². The number of hydrogen-bond donors (Lipinski definition) is 0. The molecule has 1 fully saturated rings. The van der Waals surface area contributed by atoms with Gasteiger partial charge in [-0.15, -0.1) is 0 Å². The Labute approximate surface area is 108 Å². The molecule has 0 bridgehead atoms. The Balaban J connectivity index is 2.08. The summed E-state index contributed by atoms with van der Waals surface area (Å²) in [5, 5.41) is 0. The van der Waals surface area contributed by atoms with Gasteiger partial charge in [0.05, 0.1) is 23.4 Å². The van der Waals surface area contributed by atoms with Crippen molar-refractivity contribution in [1.82, 2.24) is 0 Å². The Morgan fingerprint density at radius 1 is 1.33 bits per heavy atom. The Bertz CT molecular complexity index is 472. The molecule has 4 nitrogen and oxygen atoms in total. The second-order valence-electron chi connectivity index (χ2n) is 4.32. The van der Waals surface area contributed by atoms with E-state index in [1.165, 1.54) is 0 Å². The van der Waals surface area contributed by atoms with Gasteiger partial charge < -0.3 is 9.47 Å². The fourth-order valence-electron chi connectivity index (χ4n) is 2.03. The second kappa shape index (κ2) is 5.71. The van der Waals surface area contributed by atoms with E-state index in [0.717, 1.165) is 12.8 Å². The maximum absolute atomic E-state index is 12.1. The van der Waals surface area contributed by atoms with Crippen molar-refractivity contribution in [3.8, 4) is 5.75 Å². The topological polar surface area (TPSA) is 52.6 Å². The molecule has 1 aromatic carbocycles. The molecule has 0 saturated carbocycles. The van der Waals surface area contributed by atoms with Gasteiger partial charge in [-0.05, 0) is 44.0 Å². The fourth-order valence-corrected chi connectivity index (χ4v) is 3.52. The average molecular weight is 270 g/mol. The van der Waals surface area contributed by atoms with E-state index in [2.05, 4.69) is 0 Å². The molecule has 5 heteroatoms. The van der Waals surface area contributed by atoms with Crippen molar-refractivity contribution >= 4 is 9.84 Å². The van der Waals surface area contributed by atoms with Crippen LogP contribution in [0.1, 0.15) is 19.8 Å². The molecular weight excluding hydrogens is 252 g/mol. The predicted molar refractivity (Wildman–Crippen MR) is 68.6 cm³/mol. The first kappa shape index (κ1) is 13.4. The number of rotatable bonds is 5. The smallest absolute Gasteiger partial charge is 0.180 e. The summed E-state index contributed by atoms with van der Waals surface area (Å²) in [7, 11) is -3.26. The van der Waals surface area contributed by atoms with Crippen molar-refractivity contribution in [3.05, 3.63) is 24.3 Å². The van der Waals surface area contributed by atoms with E-state index in [-0.39, 0.29) is 11.9 Å². The molecule has 0 aliphatic carbocycles. The van der Waals surface area contributed by atoms with Gasteiger partial charge in [-0.25, -0.2) is 8.42 Å². The molecule has 1 saturated heterocycles. The minimum absolute atomic E-state index is 0.0704. The van der Waals surface area contributed by atoms with Crippen LogP contribution in [0.2, 0.25) is 0 Å². The molecule has 0 amide bonds. The monoisotopic (exact) mass is 270 g/mol. The van der Waals surface area contributed by atoms with Crippen LogP contribution in [-0.4, -0.2) is 33.5 Å². The van der Waals surface area contributed by atoms with Gasteiger partial charge in [-0.1, -0.05) is 0 Å². The standard InChI is InChI=1S/C13H18O4S/c1-2-16-11-5-7-13(8-6-11)18(14,15)10-12-4-3-9-17-12/h5-8,12H,2-4,9-10H2,1H3/t12-/m0/s1. The minimum atomic E-state index is -3.26. The lowest BCUT2D eigenvalue weighted by Gasteiger charge is -2.10. The van der Waals surface area contributed by atoms with Crippen molar-refractivity contribution in [1.29, 1.82) is 0 Å². The largest absolute Gasteiger partial charge is 0.494 e. The average Bonchev–Trinajstić information content (AvgIpc) is 2.82. The summed E-state index contributed by atoms with van der Waals surface area (Å²) >= 11 is 0. The summed E-state index contributed by atoms with van der Waals surface area (Å²) in [6.07, 6.45) is 1.63. The van der Waals surface area contributed by atoms with Gasteiger partial charge in [0.25, 0.3) is 0 Å². The summed E-state index contributed by atoms with van der Waals surface area (Å²) in [6.45, 7) is 3.13. The summed E-state index contributed by atoms with van der Waals surface area (Å²) in [4.78, 5) is 0.335. The van der Waals surface area contributed by atoms with Gasteiger partial charge in [0, 0.05) is 6.61 Å². The van der Waals surface area contributed by atoms with Crippen LogP contribution < -0.4 is 4.74 Å². The fraction of sp³-hybridized carbons (Fsp3) is 0.538. The third-order valence-corrected chi connectivity index (χ3v) is 4.72. The second-order valence-corrected chi connectivity index (χ2v) is 6.36. The summed E-state index contributed by atoms with van der Waals surface area (Å²) in [5.74, 6) is 0.759. The molecule has 0 aromatic heterocycles. The molecule has 0 radical (unpaired) electrons. The maximum Gasteiger partial charge on any atom is 0.180 e. The summed E-state index contributed by atoms with van der Waals surface area (Å²) in [6, 6.07) is 6.56. The van der Waals surface area contributed by atoms with E-state index in [4.69, 9.17) is 9.47 Å². The van der Waals surface area contributed by atoms with E-state index in [1.54, 1.807) is 24.3 Å². The number of hydrogen-bond acceptors (Lipinski definition) is 4. The first-order valence-corrected chi connectivity index (χ1v) is 7.84. The van der Waals surface area contributed by atoms with E-state index >= 15 is 0 Å². The van der Waals surface area contributed by atoms with Crippen molar-refractivity contribution in [2.24, 2.45) is 0 Å². The summed E-state index contributed by atoms with van der Waals surface area (Å²) < 4.78 is 34.9. The molecule has 1 aromatic rings. The van der Waals surface area contributed by atoms with Crippen molar-refractivity contribution < 1.29 is 17.9 Å². The molecule has 1 atom stereocenters. The zero-order chi connectivity index (χ0) is 13.0. The highest BCUT2D eigenvalue weighted by Crippen LogP contribution is 2.21. The van der Waals surface area contributed by atoms with Crippen LogP contribution in [0.25, 0.3) is 0 Å². The molecule has 1 heterocycles. The third kappa shape index (κ3) is 3.23. The van der Waals surface area contributed by atoms with Gasteiger partial charge in [0.15, 0.2) is 9.84 Å². The van der Waals surface area contributed by atoms with Crippen molar-refractivity contribution in [2.45, 2.75) is 30.8 Å². The predicted octanol–water partition coefficient (Wildman–Crippen LogP) is 2.04. The number of benzene rings is 1. The van der Waals surface area contributed by atoms with Crippen molar-refractivity contribution in [2.75, 3.05) is 19.0 Å². The third-order valence-electron chi connectivity index (χ3n) is 2.92. The minimum Gasteiger partial charge on any atom is -0.494 e. The molecule has 1 aliphatic heterocycles. The highest BCUT2D eigenvalue weighted by molar-refractivity contribution is 7.91. The highest BCUT2D eigenvalue weighted by Gasteiger charge is 2.24. The lowest BCUT2D eigenvalue weighted by molar-refractivity contribution is 0.127. The van der Waals surface area contributed by atoms with Gasteiger partial charge >= 0.3 is 0 Å². The van der Waals surface area contributed by atoms with Crippen molar-refractivity contribution in [3.63, 3.8) is 0 Å². The first-order valence-electron chi connectivity index (χ1n) is 6.19. The van der Waals surface area contributed by atoms with Crippen LogP contribution in [-0.2, 0) is 14.6 Å². The molecule has 0 unspecified atom stereocenters. The van der Waals surface area contributed by atoms with Crippen LogP contribution in [0.5, 0.6) is 5.75 Å². The lowest BCUT2D eigenvalue weighted by atomic mass is 10.3. The number of ether oxygens (including phenoxy) is 2. The first-order chi connectivity index (χ1) is 8.62. The Kier molecular flexibility index (Phi) is 4.24. The van der Waals surface area contributed by atoms with E-state index in [9.17, 15) is 8.42 Å². The summed E-state index contributed by atoms with van der Waals surface area (Å²) in [5.41, 5.74) is 0. The molecular formula is C13H18O4S. The molecule has 2 rings (SSSR count). The van der Waals surface area contributed by atoms with Crippen LogP contribution in [0.4, 0.5) is 0 Å². The SMILES string of the molecule is CCOc1ccc(S(=O)(=O)C[C@@H]2CCCO2)cc1. The van der Waals surface area contributed by atoms with Crippen LogP contribution in [0.3, 0.4) is 0 Å². The van der Waals surface area contributed by atoms with E-state index < -0.39 is 9.84 Å².